The number of esters is 1. The average Bonchev–Trinajstić information content (AvgIpc) is 2.77. The van der Waals surface area contributed by atoms with Gasteiger partial charge in [0, 0.05) is 13.0 Å². The minimum absolute atomic E-state index is 0.135. The van der Waals surface area contributed by atoms with E-state index in [-0.39, 0.29) is 5.97 Å². The van der Waals surface area contributed by atoms with E-state index in [2.05, 4.69) is 35.4 Å². The fourth-order valence-electron chi connectivity index (χ4n) is 1.77. The number of ether oxygens (including phenoxy) is 1. The van der Waals surface area contributed by atoms with Crippen LogP contribution in [-0.4, -0.2) is 24.1 Å². The second kappa shape index (κ2) is 6.52. The summed E-state index contributed by atoms with van der Waals surface area (Å²) in [7, 11) is 0. The molecule has 0 atom stereocenters. The topological polar surface area (TPSA) is 51.2 Å². The number of aromatic nitrogens is 1. The van der Waals surface area contributed by atoms with Crippen LogP contribution in [0.4, 0.5) is 5.13 Å². The molecule has 0 aliphatic heterocycles. The number of fused-ring (bicyclic) bond motifs is 1. The van der Waals surface area contributed by atoms with Crippen molar-refractivity contribution in [3.8, 4) is 0 Å². The zero-order valence-electron chi connectivity index (χ0n) is 11.2. The maximum absolute atomic E-state index is 11.2. The van der Waals surface area contributed by atoms with E-state index in [1.807, 2.05) is 6.92 Å². The van der Waals surface area contributed by atoms with Gasteiger partial charge in [-0.2, -0.15) is 0 Å². The summed E-state index contributed by atoms with van der Waals surface area (Å²) in [6.45, 7) is 5.06. The molecule has 0 saturated carbocycles. The lowest BCUT2D eigenvalue weighted by Crippen LogP contribution is -2.07. The van der Waals surface area contributed by atoms with Crippen molar-refractivity contribution in [1.82, 2.24) is 4.98 Å². The van der Waals surface area contributed by atoms with Gasteiger partial charge in [-0.25, -0.2) is 4.98 Å². The number of nitrogens with one attached hydrogen (secondary N) is 1. The fourth-order valence-corrected chi connectivity index (χ4v) is 2.65. The third-order valence-corrected chi connectivity index (χ3v) is 3.68. The van der Waals surface area contributed by atoms with Gasteiger partial charge in [-0.1, -0.05) is 17.4 Å². The Hall–Kier alpha value is -1.62. The molecule has 0 fully saturated rings. The molecule has 2 aromatic rings. The van der Waals surface area contributed by atoms with Gasteiger partial charge in [0.15, 0.2) is 5.13 Å². The van der Waals surface area contributed by atoms with E-state index >= 15 is 0 Å². The molecule has 0 spiro atoms. The monoisotopic (exact) mass is 278 g/mol. The third-order valence-electron chi connectivity index (χ3n) is 2.68. The predicted molar refractivity (Wildman–Crippen MR) is 78.7 cm³/mol. The molecule has 19 heavy (non-hydrogen) atoms. The molecule has 2 rings (SSSR count). The quantitative estimate of drug-likeness (QED) is 0.650. The first-order chi connectivity index (χ1) is 9.19. The molecular formula is C14H18N2O2S. The molecule has 0 saturated heterocycles. The van der Waals surface area contributed by atoms with Gasteiger partial charge < -0.3 is 10.1 Å². The maximum atomic E-state index is 11.2. The number of carbonyl (C=O) groups excluding carboxylic acids is 1. The molecule has 0 aliphatic rings. The highest BCUT2D eigenvalue weighted by Crippen LogP contribution is 2.26. The summed E-state index contributed by atoms with van der Waals surface area (Å²) in [5.74, 6) is -0.135. The minimum Gasteiger partial charge on any atom is -0.466 e. The van der Waals surface area contributed by atoms with Crippen LogP contribution in [0, 0.1) is 6.92 Å². The number of hydrogen-bond acceptors (Lipinski definition) is 5. The molecular weight excluding hydrogens is 260 g/mol. The number of anilines is 1. The van der Waals surface area contributed by atoms with Gasteiger partial charge in [-0.3, -0.25) is 4.79 Å². The first kappa shape index (κ1) is 13.8. The average molecular weight is 278 g/mol. The summed E-state index contributed by atoms with van der Waals surface area (Å²) in [4.78, 5) is 15.7. The van der Waals surface area contributed by atoms with E-state index in [1.54, 1.807) is 11.3 Å². The van der Waals surface area contributed by atoms with Crippen molar-refractivity contribution >= 4 is 32.7 Å². The molecule has 0 unspecified atom stereocenters. The molecule has 102 valence electrons. The second-order valence-electron chi connectivity index (χ2n) is 4.33. The molecule has 0 amide bonds. The molecule has 1 heterocycles. The largest absolute Gasteiger partial charge is 0.466 e. The van der Waals surface area contributed by atoms with Crippen molar-refractivity contribution in [3.63, 3.8) is 0 Å². The maximum Gasteiger partial charge on any atom is 0.305 e. The Morgan fingerprint density at radius 1 is 1.47 bits per heavy atom. The number of thiazole rings is 1. The minimum atomic E-state index is -0.135. The Labute approximate surface area is 116 Å². The Balaban J connectivity index is 1.83. The highest BCUT2D eigenvalue weighted by Gasteiger charge is 2.04. The van der Waals surface area contributed by atoms with Crippen LogP contribution in [0.5, 0.6) is 0 Å². The second-order valence-corrected chi connectivity index (χ2v) is 5.36. The Morgan fingerprint density at radius 3 is 3.11 bits per heavy atom. The molecule has 1 N–H and O–H groups in total. The van der Waals surface area contributed by atoms with Gasteiger partial charge >= 0.3 is 5.97 Å². The van der Waals surface area contributed by atoms with Crippen molar-refractivity contribution < 1.29 is 9.53 Å². The normalized spacial score (nSPS) is 10.6. The molecule has 1 aromatic carbocycles. The summed E-state index contributed by atoms with van der Waals surface area (Å²) in [5, 5.41) is 4.16. The van der Waals surface area contributed by atoms with Gasteiger partial charge in [-0.15, -0.1) is 0 Å². The first-order valence-electron chi connectivity index (χ1n) is 6.45. The number of rotatable bonds is 6. The Kier molecular flexibility index (Phi) is 4.74. The van der Waals surface area contributed by atoms with Gasteiger partial charge in [0.2, 0.25) is 0 Å². The van der Waals surface area contributed by atoms with Crippen LogP contribution >= 0.6 is 11.3 Å². The SMILES string of the molecule is CCOC(=O)CCCNc1nc2cc(C)ccc2s1. The van der Waals surface area contributed by atoms with Crippen molar-refractivity contribution in [2.24, 2.45) is 0 Å². The Morgan fingerprint density at radius 2 is 2.32 bits per heavy atom. The zero-order valence-corrected chi connectivity index (χ0v) is 12.0. The summed E-state index contributed by atoms with van der Waals surface area (Å²) >= 11 is 1.64. The van der Waals surface area contributed by atoms with Crippen LogP contribution in [0.2, 0.25) is 0 Å². The first-order valence-corrected chi connectivity index (χ1v) is 7.27. The number of hydrogen-bond donors (Lipinski definition) is 1. The number of nitrogens with zero attached hydrogens (tertiary/aromatic N) is 1. The number of benzene rings is 1. The van der Waals surface area contributed by atoms with Crippen molar-refractivity contribution in [2.45, 2.75) is 26.7 Å². The molecule has 0 aliphatic carbocycles. The standard InChI is InChI=1S/C14H18N2O2S/c1-3-18-13(17)5-4-8-15-14-16-11-9-10(2)6-7-12(11)19-14/h6-7,9H,3-5,8H2,1-2H3,(H,15,16). The van der Waals surface area contributed by atoms with Crippen LogP contribution in [0.25, 0.3) is 10.2 Å². The lowest BCUT2D eigenvalue weighted by Gasteiger charge is -2.02. The van der Waals surface area contributed by atoms with Gasteiger partial charge in [0.05, 0.1) is 16.8 Å². The molecule has 4 nitrogen and oxygen atoms in total. The predicted octanol–water partition coefficient (Wildman–Crippen LogP) is 3.36. The summed E-state index contributed by atoms with van der Waals surface area (Å²) < 4.78 is 6.05. The van der Waals surface area contributed by atoms with Gasteiger partial charge in [-0.05, 0) is 38.0 Å². The van der Waals surface area contributed by atoms with Crippen LogP contribution in [0.1, 0.15) is 25.3 Å². The van der Waals surface area contributed by atoms with E-state index in [9.17, 15) is 4.79 Å². The highest BCUT2D eigenvalue weighted by molar-refractivity contribution is 7.22. The van der Waals surface area contributed by atoms with E-state index in [0.717, 1.165) is 23.6 Å². The number of aryl methyl sites for hydroxylation is 1. The van der Waals surface area contributed by atoms with E-state index in [0.29, 0.717) is 13.0 Å². The van der Waals surface area contributed by atoms with Crippen molar-refractivity contribution in [3.05, 3.63) is 23.8 Å². The number of carbonyl (C=O) groups is 1. The fraction of sp³-hybridized carbons (Fsp3) is 0.429. The van der Waals surface area contributed by atoms with E-state index in [1.165, 1.54) is 10.3 Å². The molecule has 0 bridgehead atoms. The van der Waals surface area contributed by atoms with Crippen molar-refractivity contribution in [1.29, 1.82) is 0 Å². The summed E-state index contributed by atoms with van der Waals surface area (Å²) in [5.41, 5.74) is 2.24. The van der Waals surface area contributed by atoms with Gasteiger partial charge in [0.25, 0.3) is 0 Å². The van der Waals surface area contributed by atoms with Crippen LogP contribution in [0.15, 0.2) is 18.2 Å². The highest BCUT2D eigenvalue weighted by atomic mass is 32.1. The lowest BCUT2D eigenvalue weighted by molar-refractivity contribution is -0.143. The van der Waals surface area contributed by atoms with E-state index < -0.39 is 0 Å². The van der Waals surface area contributed by atoms with Crippen LogP contribution in [-0.2, 0) is 9.53 Å². The van der Waals surface area contributed by atoms with Crippen LogP contribution < -0.4 is 5.32 Å². The summed E-state index contributed by atoms with van der Waals surface area (Å²) in [6.07, 6.45) is 1.21. The van der Waals surface area contributed by atoms with Crippen LogP contribution in [0.3, 0.4) is 0 Å². The van der Waals surface area contributed by atoms with Gasteiger partial charge in [0.1, 0.15) is 0 Å². The third kappa shape index (κ3) is 3.92. The Bertz CT molecular complexity index is 566. The molecule has 5 heteroatoms. The molecule has 0 radical (unpaired) electrons. The lowest BCUT2D eigenvalue weighted by atomic mass is 10.2. The van der Waals surface area contributed by atoms with Crippen molar-refractivity contribution in [2.75, 3.05) is 18.5 Å². The molecule has 1 aromatic heterocycles. The van der Waals surface area contributed by atoms with E-state index in [4.69, 9.17) is 4.74 Å². The zero-order chi connectivity index (χ0) is 13.7. The summed E-state index contributed by atoms with van der Waals surface area (Å²) in [6, 6.07) is 6.26. The smallest absolute Gasteiger partial charge is 0.305 e.